The van der Waals surface area contributed by atoms with Crippen LogP contribution in [0, 0.1) is 11.3 Å². The van der Waals surface area contributed by atoms with Gasteiger partial charge in [0.05, 0.1) is 28.4 Å². The van der Waals surface area contributed by atoms with Crippen molar-refractivity contribution >= 4 is 43.7 Å². The van der Waals surface area contributed by atoms with E-state index in [1.54, 1.807) is 0 Å². The fourth-order valence-corrected chi connectivity index (χ4v) is 7.22. The Labute approximate surface area is 298 Å². The van der Waals surface area contributed by atoms with E-state index in [0.717, 1.165) is 77.2 Å². The van der Waals surface area contributed by atoms with Crippen LogP contribution < -0.4 is 0 Å². The molecule has 0 aliphatic heterocycles. The number of aromatic nitrogens is 4. The van der Waals surface area contributed by atoms with Gasteiger partial charge in [-0.1, -0.05) is 115 Å². The Balaban J connectivity index is 1.27. The lowest BCUT2D eigenvalue weighted by Crippen LogP contribution is -2.04. The van der Waals surface area contributed by atoms with Crippen LogP contribution in [0.25, 0.3) is 94.7 Å². The number of nitrogens with zero attached hydrogens (tertiary/aromatic N) is 5. The minimum absolute atomic E-state index is 0.539. The third kappa shape index (κ3) is 4.84. The maximum atomic E-state index is 9.93. The second-order valence-corrected chi connectivity index (χ2v) is 12.8. The van der Waals surface area contributed by atoms with Crippen molar-refractivity contribution in [1.82, 2.24) is 19.5 Å². The van der Waals surface area contributed by atoms with Gasteiger partial charge in [0.2, 0.25) is 0 Å². The molecule has 0 saturated heterocycles. The van der Waals surface area contributed by atoms with Gasteiger partial charge in [0.15, 0.2) is 17.5 Å². The molecule has 0 aliphatic carbocycles. The minimum Gasteiger partial charge on any atom is -0.456 e. The molecule has 7 aromatic carbocycles. The van der Waals surface area contributed by atoms with Crippen LogP contribution in [0.15, 0.2) is 168 Å². The zero-order valence-electron chi connectivity index (χ0n) is 27.7. The molecule has 0 unspecified atom stereocenters. The lowest BCUT2D eigenvalue weighted by atomic mass is 9.99. The summed E-state index contributed by atoms with van der Waals surface area (Å²) in [5, 5.41) is 14.3. The number of rotatable bonds is 5. The molecular formula is C46H27N5O. The highest BCUT2D eigenvalue weighted by Crippen LogP contribution is 2.39. The molecule has 0 fully saturated rings. The Morgan fingerprint density at radius 1 is 0.442 bits per heavy atom. The van der Waals surface area contributed by atoms with Gasteiger partial charge in [-0.3, -0.25) is 0 Å². The second kappa shape index (κ2) is 11.9. The maximum Gasteiger partial charge on any atom is 0.166 e. The molecule has 0 aliphatic rings. The van der Waals surface area contributed by atoms with Crippen molar-refractivity contribution in [3.8, 4) is 57.0 Å². The van der Waals surface area contributed by atoms with E-state index in [1.807, 2.05) is 109 Å². The normalized spacial score (nSPS) is 11.4. The van der Waals surface area contributed by atoms with E-state index >= 15 is 0 Å². The Morgan fingerprint density at radius 2 is 1.02 bits per heavy atom. The smallest absolute Gasteiger partial charge is 0.166 e. The number of nitriles is 1. The first kappa shape index (κ1) is 29.5. The van der Waals surface area contributed by atoms with Crippen LogP contribution in [0.3, 0.4) is 0 Å². The summed E-state index contributed by atoms with van der Waals surface area (Å²) in [7, 11) is 0. The largest absolute Gasteiger partial charge is 0.456 e. The molecule has 10 rings (SSSR count). The summed E-state index contributed by atoms with van der Waals surface area (Å²) >= 11 is 0. The molecule has 52 heavy (non-hydrogen) atoms. The van der Waals surface area contributed by atoms with Crippen molar-refractivity contribution in [3.63, 3.8) is 0 Å². The van der Waals surface area contributed by atoms with Gasteiger partial charge >= 0.3 is 0 Å². The molecule has 0 atom stereocenters. The SMILES string of the molecule is N#Cc1ccc2c3ccccc3n(-c3ccc(-c4ccc5c(c4)oc4ccccc45)cc3-c3nc(-c4ccccc4)nc(-c4ccccc4)n3)c2c1. The van der Waals surface area contributed by atoms with Crippen LogP contribution in [0.4, 0.5) is 0 Å². The minimum atomic E-state index is 0.539. The molecule has 0 spiro atoms. The topological polar surface area (TPSA) is 80.5 Å². The van der Waals surface area contributed by atoms with E-state index < -0.39 is 0 Å². The van der Waals surface area contributed by atoms with Gasteiger partial charge in [-0.2, -0.15) is 5.26 Å². The molecule has 6 nitrogen and oxygen atoms in total. The number of hydrogen-bond acceptors (Lipinski definition) is 5. The fourth-order valence-electron chi connectivity index (χ4n) is 7.22. The number of para-hydroxylation sites is 2. The number of hydrogen-bond donors (Lipinski definition) is 0. The van der Waals surface area contributed by atoms with Crippen LogP contribution in [-0.4, -0.2) is 19.5 Å². The van der Waals surface area contributed by atoms with Gasteiger partial charge in [0.25, 0.3) is 0 Å². The predicted octanol–water partition coefficient (Wildman–Crippen LogP) is 11.4. The van der Waals surface area contributed by atoms with Crippen molar-refractivity contribution in [1.29, 1.82) is 5.26 Å². The second-order valence-electron chi connectivity index (χ2n) is 12.8. The van der Waals surface area contributed by atoms with Crippen LogP contribution in [0.2, 0.25) is 0 Å². The third-order valence-electron chi connectivity index (χ3n) is 9.69. The monoisotopic (exact) mass is 665 g/mol. The summed E-state index contributed by atoms with van der Waals surface area (Å²) < 4.78 is 8.52. The molecule has 0 amide bonds. The molecule has 0 radical (unpaired) electrons. The maximum absolute atomic E-state index is 9.93. The number of fused-ring (bicyclic) bond motifs is 6. The summed E-state index contributed by atoms with van der Waals surface area (Å²) in [6.45, 7) is 0. The lowest BCUT2D eigenvalue weighted by Gasteiger charge is -2.16. The van der Waals surface area contributed by atoms with Gasteiger partial charge in [0.1, 0.15) is 11.2 Å². The van der Waals surface area contributed by atoms with Gasteiger partial charge in [-0.25, -0.2) is 15.0 Å². The van der Waals surface area contributed by atoms with E-state index in [4.69, 9.17) is 19.4 Å². The highest BCUT2D eigenvalue weighted by Gasteiger charge is 2.21. The first-order valence-electron chi connectivity index (χ1n) is 17.1. The van der Waals surface area contributed by atoms with E-state index in [2.05, 4.69) is 65.2 Å². The van der Waals surface area contributed by atoms with E-state index in [1.165, 1.54) is 0 Å². The average molecular weight is 666 g/mol. The number of furan rings is 1. The summed E-state index contributed by atoms with van der Waals surface area (Å²) in [5.41, 5.74) is 9.73. The average Bonchev–Trinajstić information content (AvgIpc) is 3.76. The molecule has 3 aromatic heterocycles. The summed E-state index contributed by atoms with van der Waals surface area (Å²) in [6.07, 6.45) is 0. The van der Waals surface area contributed by atoms with Crippen molar-refractivity contribution < 1.29 is 4.42 Å². The van der Waals surface area contributed by atoms with Gasteiger partial charge in [-0.05, 0) is 59.7 Å². The van der Waals surface area contributed by atoms with Crippen molar-refractivity contribution in [3.05, 3.63) is 169 Å². The highest BCUT2D eigenvalue weighted by atomic mass is 16.3. The molecule has 0 N–H and O–H groups in total. The van der Waals surface area contributed by atoms with Crippen LogP contribution >= 0.6 is 0 Å². The van der Waals surface area contributed by atoms with E-state index in [0.29, 0.717) is 23.0 Å². The first-order valence-corrected chi connectivity index (χ1v) is 17.1. The van der Waals surface area contributed by atoms with Crippen molar-refractivity contribution in [2.75, 3.05) is 0 Å². The molecule has 0 bridgehead atoms. The van der Waals surface area contributed by atoms with Crippen molar-refractivity contribution in [2.45, 2.75) is 0 Å². The molecule has 10 aromatic rings. The fraction of sp³-hybridized carbons (Fsp3) is 0. The van der Waals surface area contributed by atoms with Gasteiger partial charge in [0, 0.05) is 38.2 Å². The lowest BCUT2D eigenvalue weighted by molar-refractivity contribution is 0.669. The third-order valence-corrected chi connectivity index (χ3v) is 9.69. The first-order chi connectivity index (χ1) is 25.7. The Morgan fingerprint density at radius 3 is 1.77 bits per heavy atom. The highest BCUT2D eigenvalue weighted by molar-refractivity contribution is 6.10. The predicted molar refractivity (Wildman–Crippen MR) is 208 cm³/mol. The van der Waals surface area contributed by atoms with E-state index in [-0.39, 0.29) is 0 Å². The molecule has 0 saturated carbocycles. The van der Waals surface area contributed by atoms with Crippen LogP contribution in [0.5, 0.6) is 0 Å². The van der Waals surface area contributed by atoms with Gasteiger partial charge in [-0.15, -0.1) is 0 Å². The Hall–Kier alpha value is -7.36. The summed E-state index contributed by atoms with van der Waals surface area (Å²) in [5.74, 6) is 1.70. The Kier molecular flexibility index (Phi) is 6.76. The molecule has 242 valence electrons. The zero-order chi connectivity index (χ0) is 34.6. The summed E-state index contributed by atoms with van der Waals surface area (Å²) in [6, 6.07) is 57.5. The molecule has 3 heterocycles. The van der Waals surface area contributed by atoms with Crippen LogP contribution in [-0.2, 0) is 0 Å². The summed E-state index contributed by atoms with van der Waals surface area (Å²) in [4.78, 5) is 15.3. The Bertz CT molecular complexity index is 2970. The van der Waals surface area contributed by atoms with E-state index in [9.17, 15) is 5.26 Å². The number of benzene rings is 7. The molecule has 6 heteroatoms. The molecular weight excluding hydrogens is 639 g/mol. The van der Waals surface area contributed by atoms with Crippen molar-refractivity contribution in [2.24, 2.45) is 0 Å². The van der Waals surface area contributed by atoms with Gasteiger partial charge < -0.3 is 8.98 Å². The van der Waals surface area contributed by atoms with Crippen LogP contribution in [0.1, 0.15) is 5.56 Å². The zero-order valence-corrected chi connectivity index (χ0v) is 27.7. The standard InChI is InChI=1S/C46H27N5O/c47-28-29-19-22-35-34-15-7-9-17-39(34)51(41(35)25-29)40-24-21-32(33-20-23-37-36-16-8-10-18-42(36)52-43(37)27-33)26-38(40)46-49-44(30-11-3-1-4-12-30)48-45(50-46)31-13-5-2-6-14-31/h1-27H. The quantitative estimate of drug-likeness (QED) is 0.183.